The van der Waals surface area contributed by atoms with Crippen LogP contribution in [0.25, 0.3) is 0 Å². The third-order valence-electron chi connectivity index (χ3n) is 18.7. The number of hydrogen-bond acceptors (Lipinski definition) is 23. The lowest BCUT2D eigenvalue weighted by Crippen LogP contribution is -2.67. The van der Waals surface area contributed by atoms with Crippen LogP contribution in [-0.2, 0) is 37.9 Å². The molecular weight excluding hydrogens is 981 g/mol. The molecule has 0 aromatic heterocycles. The molecule has 0 unspecified atom stereocenters. The van der Waals surface area contributed by atoms with Crippen LogP contribution < -0.4 is 0 Å². The van der Waals surface area contributed by atoms with Gasteiger partial charge in [0.05, 0.1) is 38.6 Å². The molecule has 8 rings (SSSR count). The van der Waals surface area contributed by atoms with E-state index in [1.807, 2.05) is 6.08 Å². The zero-order valence-electron chi connectivity index (χ0n) is 42.7. The lowest BCUT2D eigenvalue weighted by molar-refractivity contribution is -0.397. The van der Waals surface area contributed by atoms with Crippen molar-refractivity contribution in [1.82, 2.24) is 0 Å². The SMILES string of the molecule is CC(C)[C@H](C)C=C[C@@H](CO)[C@H]1C[C@H](O)[C@H]2[C@@H]3CC=C4[C@@H](O)[C@@H](O[C@@H]5O[C@H](CO)[C@@H](O[C@@H]6O[C@H](CO)[C@H](O)[C@H](O)[C@H]6O)[C@H](O[C@@H]6OC[C@@H](O)[C@@H](O)[C@@H]6O[C@@H]6O[C@H](CO)[C@H](O)[C@H](O)[C@H]6O)[C@H]5O)CC[C@]4(C)[C@H]3CC[C@@]21C. The lowest BCUT2D eigenvalue weighted by atomic mass is 9.46. The molecule has 8 aliphatic rings. The summed E-state index contributed by atoms with van der Waals surface area (Å²) < 4.78 is 47.7. The second-order valence-electron chi connectivity index (χ2n) is 23.2. The Kier molecular flexibility index (Phi) is 18.8. The molecule has 4 heterocycles. The van der Waals surface area contributed by atoms with Crippen molar-refractivity contribution in [2.75, 3.05) is 33.0 Å². The minimum atomic E-state index is -1.98. The van der Waals surface area contributed by atoms with Gasteiger partial charge in [-0.3, -0.25) is 0 Å². The highest BCUT2D eigenvalue weighted by atomic mass is 16.8. The lowest BCUT2D eigenvalue weighted by Gasteiger charge is -2.59. The van der Waals surface area contributed by atoms with Gasteiger partial charge in [-0.05, 0) is 90.4 Å². The van der Waals surface area contributed by atoms with Crippen LogP contribution in [-0.4, -0.2) is 245 Å². The van der Waals surface area contributed by atoms with Gasteiger partial charge in [-0.15, -0.1) is 0 Å². The van der Waals surface area contributed by atoms with E-state index in [2.05, 4.69) is 46.8 Å². The van der Waals surface area contributed by atoms with Crippen LogP contribution in [0.1, 0.15) is 73.1 Å². The van der Waals surface area contributed by atoms with Crippen molar-refractivity contribution in [1.29, 1.82) is 0 Å². The van der Waals surface area contributed by atoms with Gasteiger partial charge in [0.2, 0.25) is 0 Å². The number of allylic oxidation sites excluding steroid dienone is 2. The Balaban J connectivity index is 1.04. The fourth-order valence-corrected chi connectivity index (χ4v) is 14.0. The van der Waals surface area contributed by atoms with Crippen LogP contribution in [0.3, 0.4) is 0 Å². The van der Waals surface area contributed by atoms with Gasteiger partial charge in [0.1, 0.15) is 97.7 Å². The summed E-state index contributed by atoms with van der Waals surface area (Å²) in [4.78, 5) is 0. The third kappa shape index (κ3) is 10.8. The molecule has 15 N–H and O–H groups in total. The first-order valence-corrected chi connectivity index (χ1v) is 26.6. The van der Waals surface area contributed by atoms with E-state index in [-0.39, 0.29) is 48.0 Å². The molecule has 3 saturated carbocycles. The Hall–Kier alpha value is -1.44. The highest BCUT2D eigenvalue weighted by molar-refractivity contribution is 5.30. The average Bonchev–Trinajstić information content (AvgIpc) is 3.65. The fourth-order valence-electron chi connectivity index (χ4n) is 14.0. The van der Waals surface area contributed by atoms with E-state index >= 15 is 0 Å². The van der Waals surface area contributed by atoms with Gasteiger partial charge in [-0.25, -0.2) is 0 Å². The average molecular weight is 1070 g/mol. The topological polar surface area (TPSA) is 377 Å². The van der Waals surface area contributed by atoms with E-state index in [4.69, 9.17) is 37.9 Å². The standard InChI is InChI=1S/C51H84O23/c1-20(2)21(3)6-7-22(15-52)26-14-27(56)33-23-8-9-25-34(58)29(11-13-50(25,4)24(23)10-12-51(26,33)5)68-48-42(66)44(43(32(18-55)71-48)72-46-40(64)38(62)36(60)30(16-53)69-46)73-49-45(35(59)28(57)19-67-49)74-47-41(65)39(63)37(61)31(17-54)70-47/h6-7,9,20-24,26-49,52-66H,8,10-19H2,1-5H3/t21-,22+,23-,24+,26-,27+,28-,29+,30-,31-,32-,33-,34-,35-,36+,37+,38+,39+,40-,41-,42-,43-,44-,45+,46+,47+,48-,49+,50-,51-/m1/s1. The molecule has 23 nitrogen and oxygen atoms in total. The molecule has 30 atom stereocenters. The zero-order valence-corrected chi connectivity index (χ0v) is 42.7. The Morgan fingerprint density at radius 2 is 1.18 bits per heavy atom. The summed E-state index contributed by atoms with van der Waals surface area (Å²) in [7, 11) is 0. The van der Waals surface area contributed by atoms with Gasteiger partial charge >= 0.3 is 0 Å². The van der Waals surface area contributed by atoms with Gasteiger partial charge in [0.15, 0.2) is 25.2 Å². The van der Waals surface area contributed by atoms with E-state index in [9.17, 15) is 76.6 Å². The largest absolute Gasteiger partial charge is 0.396 e. The monoisotopic (exact) mass is 1060 g/mol. The van der Waals surface area contributed by atoms with E-state index in [0.29, 0.717) is 31.1 Å². The highest BCUT2D eigenvalue weighted by Crippen LogP contribution is 2.67. The summed E-state index contributed by atoms with van der Waals surface area (Å²) >= 11 is 0. The van der Waals surface area contributed by atoms with Gasteiger partial charge in [0, 0.05) is 12.5 Å². The van der Waals surface area contributed by atoms with Crippen LogP contribution >= 0.6 is 0 Å². The minimum Gasteiger partial charge on any atom is -0.396 e. The number of ether oxygens (including phenoxy) is 8. The van der Waals surface area contributed by atoms with Gasteiger partial charge < -0.3 is 114 Å². The van der Waals surface area contributed by atoms with E-state index in [1.165, 1.54) is 0 Å². The van der Waals surface area contributed by atoms with Crippen molar-refractivity contribution >= 4 is 0 Å². The molecule has 7 fully saturated rings. The second-order valence-corrected chi connectivity index (χ2v) is 23.2. The van der Waals surface area contributed by atoms with Crippen molar-refractivity contribution in [3.05, 3.63) is 23.8 Å². The van der Waals surface area contributed by atoms with Crippen LogP contribution in [0.5, 0.6) is 0 Å². The summed E-state index contributed by atoms with van der Waals surface area (Å²) in [5.41, 5.74) is 0.0194. The fraction of sp³-hybridized carbons (Fsp3) is 0.922. The van der Waals surface area contributed by atoms with Crippen LogP contribution in [0.15, 0.2) is 23.8 Å². The van der Waals surface area contributed by atoms with Crippen molar-refractivity contribution in [3.63, 3.8) is 0 Å². The molecule has 426 valence electrons. The van der Waals surface area contributed by atoms with Crippen molar-refractivity contribution < 1.29 is 114 Å². The summed E-state index contributed by atoms with van der Waals surface area (Å²) in [6.45, 7) is 7.76. The summed E-state index contributed by atoms with van der Waals surface area (Å²) in [5, 5.41) is 164. The maximum atomic E-state index is 12.3. The van der Waals surface area contributed by atoms with E-state index in [1.54, 1.807) is 0 Å². The van der Waals surface area contributed by atoms with Crippen LogP contribution in [0.4, 0.5) is 0 Å². The van der Waals surface area contributed by atoms with Crippen molar-refractivity contribution in [2.24, 2.45) is 52.3 Å². The summed E-state index contributed by atoms with van der Waals surface area (Å²) in [6.07, 6.45) is -26.7. The number of rotatable bonds is 16. The Morgan fingerprint density at radius 3 is 1.76 bits per heavy atom. The quantitative estimate of drug-likeness (QED) is 0.0661. The molecule has 4 aliphatic heterocycles. The van der Waals surface area contributed by atoms with Crippen LogP contribution in [0.2, 0.25) is 0 Å². The normalized spacial score (nSPS) is 51.8. The van der Waals surface area contributed by atoms with E-state index < -0.39 is 167 Å². The summed E-state index contributed by atoms with van der Waals surface area (Å²) in [6, 6.07) is 0. The molecule has 4 aliphatic carbocycles. The predicted molar refractivity (Wildman–Crippen MR) is 252 cm³/mol. The minimum absolute atomic E-state index is 0.0101. The first-order chi connectivity index (χ1) is 35.0. The Bertz CT molecular complexity index is 1890. The Labute approximate surface area is 430 Å². The molecule has 0 spiro atoms. The molecule has 0 aromatic rings. The molecular formula is C51H84O23. The van der Waals surface area contributed by atoms with Gasteiger partial charge in [-0.1, -0.05) is 52.8 Å². The highest BCUT2D eigenvalue weighted by Gasteiger charge is 2.64. The third-order valence-corrected chi connectivity index (χ3v) is 18.7. The summed E-state index contributed by atoms with van der Waals surface area (Å²) in [5.74, 6) is 0.940. The molecule has 0 bridgehead atoms. The molecule has 0 aromatic carbocycles. The predicted octanol–water partition coefficient (Wildman–Crippen LogP) is -3.74. The molecule has 4 saturated heterocycles. The molecule has 74 heavy (non-hydrogen) atoms. The Morgan fingerprint density at radius 1 is 0.608 bits per heavy atom. The van der Waals surface area contributed by atoms with Gasteiger partial charge in [-0.2, -0.15) is 0 Å². The number of hydrogen-bond donors (Lipinski definition) is 15. The number of aliphatic hydroxyl groups excluding tert-OH is 15. The first kappa shape index (κ1) is 58.7. The maximum Gasteiger partial charge on any atom is 0.187 e. The van der Waals surface area contributed by atoms with Gasteiger partial charge in [0.25, 0.3) is 0 Å². The smallest absolute Gasteiger partial charge is 0.187 e. The number of aliphatic hydroxyl groups is 15. The van der Waals surface area contributed by atoms with Crippen molar-refractivity contribution in [2.45, 2.75) is 208 Å². The zero-order chi connectivity index (χ0) is 53.9. The molecule has 0 amide bonds. The van der Waals surface area contributed by atoms with Crippen LogP contribution in [0, 0.1) is 52.3 Å². The first-order valence-electron chi connectivity index (χ1n) is 26.6. The van der Waals surface area contributed by atoms with Crippen molar-refractivity contribution in [3.8, 4) is 0 Å². The maximum absolute atomic E-state index is 12.3. The molecule has 23 heteroatoms. The van der Waals surface area contributed by atoms with E-state index in [0.717, 1.165) is 18.4 Å². The molecule has 0 radical (unpaired) electrons. The number of fused-ring (bicyclic) bond motifs is 5. The second kappa shape index (κ2) is 23.7.